The zero-order valence-corrected chi connectivity index (χ0v) is 12.1. The van der Waals surface area contributed by atoms with Crippen molar-refractivity contribution in [3.8, 4) is 0 Å². The molecule has 0 bridgehead atoms. The zero-order chi connectivity index (χ0) is 12.7. The highest BCUT2D eigenvalue weighted by molar-refractivity contribution is 7.91. The predicted molar refractivity (Wildman–Crippen MR) is 73.0 cm³/mol. The van der Waals surface area contributed by atoms with Crippen LogP contribution in [0.4, 0.5) is 0 Å². The first kappa shape index (κ1) is 15.0. The molecule has 0 aromatic rings. The normalized spacial score (nSPS) is 18.2. The maximum absolute atomic E-state index is 11.4. The Labute approximate surface area is 106 Å². The number of rotatable bonds is 10. The fourth-order valence-corrected chi connectivity index (χ4v) is 3.01. The second-order valence-corrected chi connectivity index (χ2v) is 7.69. The van der Waals surface area contributed by atoms with Crippen molar-refractivity contribution in [2.75, 3.05) is 18.1 Å². The maximum atomic E-state index is 11.4. The first-order chi connectivity index (χ1) is 8.07. The lowest BCUT2D eigenvalue weighted by atomic mass is 9.98. The molecule has 1 atom stereocenters. The van der Waals surface area contributed by atoms with Crippen LogP contribution < -0.4 is 5.32 Å². The van der Waals surface area contributed by atoms with Gasteiger partial charge in [0.25, 0.3) is 0 Å². The Hall–Kier alpha value is -0.0900. The van der Waals surface area contributed by atoms with Crippen LogP contribution in [0.25, 0.3) is 0 Å². The number of hydrogen-bond donors (Lipinski definition) is 1. The van der Waals surface area contributed by atoms with Crippen molar-refractivity contribution in [3.63, 3.8) is 0 Å². The highest BCUT2D eigenvalue weighted by atomic mass is 32.2. The highest BCUT2D eigenvalue weighted by Crippen LogP contribution is 2.21. The van der Waals surface area contributed by atoms with E-state index in [0.717, 1.165) is 25.4 Å². The molecule has 0 amide bonds. The molecule has 1 aliphatic rings. The SMILES string of the molecule is CCCC(CCCS(=O)(=O)CC)CNC1CC1. The molecule has 1 saturated carbocycles. The van der Waals surface area contributed by atoms with Gasteiger partial charge < -0.3 is 5.32 Å². The summed E-state index contributed by atoms with van der Waals surface area (Å²) in [6.45, 7) is 5.01. The molecular formula is C13H27NO2S. The maximum Gasteiger partial charge on any atom is 0.150 e. The van der Waals surface area contributed by atoms with Crippen LogP contribution in [-0.2, 0) is 9.84 Å². The van der Waals surface area contributed by atoms with E-state index in [1.54, 1.807) is 6.92 Å². The second-order valence-electron chi connectivity index (χ2n) is 5.22. The van der Waals surface area contributed by atoms with E-state index < -0.39 is 9.84 Å². The van der Waals surface area contributed by atoms with Crippen LogP contribution in [0.2, 0.25) is 0 Å². The molecular weight excluding hydrogens is 234 g/mol. The molecule has 1 aliphatic carbocycles. The van der Waals surface area contributed by atoms with Crippen LogP contribution in [0.1, 0.15) is 52.4 Å². The zero-order valence-electron chi connectivity index (χ0n) is 11.2. The van der Waals surface area contributed by atoms with Gasteiger partial charge in [-0.05, 0) is 44.6 Å². The Bertz CT molecular complexity index is 297. The minimum atomic E-state index is -2.77. The molecule has 0 saturated heterocycles. The summed E-state index contributed by atoms with van der Waals surface area (Å²) in [6.07, 6.45) is 6.93. The first-order valence-corrected chi connectivity index (χ1v) is 8.83. The molecule has 1 fully saturated rings. The monoisotopic (exact) mass is 261 g/mol. The smallest absolute Gasteiger partial charge is 0.150 e. The lowest BCUT2D eigenvalue weighted by Gasteiger charge is -2.16. The minimum absolute atomic E-state index is 0.284. The third-order valence-electron chi connectivity index (χ3n) is 3.48. The predicted octanol–water partition coefficient (Wildman–Crippen LogP) is 2.37. The molecule has 1 N–H and O–H groups in total. The van der Waals surface area contributed by atoms with Crippen molar-refractivity contribution in [2.24, 2.45) is 5.92 Å². The van der Waals surface area contributed by atoms with Gasteiger partial charge in [-0.3, -0.25) is 0 Å². The van der Waals surface area contributed by atoms with Crippen molar-refractivity contribution < 1.29 is 8.42 Å². The van der Waals surface area contributed by atoms with Gasteiger partial charge >= 0.3 is 0 Å². The molecule has 1 rings (SSSR count). The van der Waals surface area contributed by atoms with Crippen LogP contribution in [0.15, 0.2) is 0 Å². The van der Waals surface area contributed by atoms with Crippen LogP contribution in [0.3, 0.4) is 0 Å². The Kier molecular flexibility index (Phi) is 6.49. The van der Waals surface area contributed by atoms with Crippen molar-refractivity contribution in [1.82, 2.24) is 5.32 Å². The summed E-state index contributed by atoms with van der Waals surface area (Å²) in [5.41, 5.74) is 0. The van der Waals surface area contributed by atoms with E-state index in [0.29, 0.717) is 11.7 Å². The summed E-state index contributed by atoms with van der Waals surface area (Å²) in [5, 5.41) is 3.55. The molecule has 3 nitrogen and oxygen atoms in total. The fourth-order valence-electron chi connectivity index (χ4n) is 2.11. The molecule has 0 aromatic heterocycles. The van der Waals surface area contributed by atoms with Crippen molar-refractivity contribution in [1.29, 1.82) is 0 Å². The third kappa shape index (κ3) is 7.04. The molecule has 17 heavy (non-hydrogen) atoms. The molecule has 0 aromatic carbocycles. The lowest BCUT2D eigenvalue weighted by Crippen LogP contribution is -2.25. The quantitative estimate of drug-likeness (QED) is 0.657. The van der Waals surface area contributed by atoms with E-state index >= 15 is 0 Å². The summed E-state index contributed by atoms with van der Waals surface area (Å²) < 4.78 is 22.8. The van der Waals surface area contributed by atoms with Crippen LogP contribution in [0, 0.1) is 5.92 Å². The summed E-state index contributed by atoms with van der Waals surface area (Å²) in [5.74, 6) is 1.31. The van der Waals surface area contributed by atoms with Crippen molar-refractivity contribution in [3.05, 3.63) is 0 Å². The Balaban J connectivity index is 2.18. The summed E-state index contributed by atoms with van der Waals surface area (Å²) in [7, 11) is -2.77. The Morgan fingerprint density at radius 1 is 1.24 bits per heavy atom. The minimum Gasteiger partial charge on any atom is -0.314 e. The van der Waals surface area contributed by atoms with Crippen LogP contribution in [0.5, 0.6) is 0 Å². The van der Waals surface area contributed by atoms with E-state index in [1.807, 2.05) is 0 Å². The number of hydrogen-bond acceptors (Lipinski definition) is 3. The van der Waals surface area contributed by atoms with Gasteiger partial charge in [-0.25, -0.2) is 8.42 Å². The van der Waals surface area contributed by atoms with E-state index in [-0.39, 0.29) is 5.75 Å². The molecule has 0 radical (unpaired) electrons. The molecule has 102 valence electrons. The average molecular weight is 261 g/mol. The van der Waals surface area contributed by atoms with Gasteiger partial charge in [0.15, 0.2) is 0 Å². The van der Waals surface area contributed by atoms with Gasteiger partial charge in [0.05, 0.1) is 5.75 Å². The van der Waals surface area contributed by atoms with Crippen molar-refractivity contribution >= 4 is 9.84 Å². The van der Waals surface area contributed by atoms with Gasteiger partial charge in [-0.2, -0.15) is 0 Å². The second kappa shape index (κ2) is 7.37. The molecule has 0 heterocycles. The molecule has 4 heteroatoms. The molecule has 1 unspecified atom stereocenters. The summed E-state index contributed by atoms with van der Waals surface area (Å²) >= 11 is 0. The van der Waals surface area contributed by atoms with E-state index in [9.17, 15) is 8.42 Å². The van der Waals surface area contributed by atoms with Crippen molar-refractivity contribution in [2.45, 2.75) is 58.4 Å². The summed E-state index contributed by atoms with van der Waals surface area (Å²) in [4.78, 5) is 0. The standard InChI is InChI=1S/C13H27NO2S/c1-3-6-12(11-14-13-8-9-13)7-5-10-17(15,16)4-2/h12-14H,3-11H2,1-2H3. The molecule has 0 spiro atoms. The van der Waals surface area contributed by atoms with E-state index in [2.05, 4.69) is 12.2 Å². The largest absolute Gasteiger partial charge is 0.314 e. The topological polar surface area (TPSA) is 46.2 Å². The van der Waals surface area contributed by atoms with E-state index in [4.69, 9.17) is 0 Å². The van der Waals surface area contributed by atoms with Gasteiger partial charge in [0.2, 0.25) is 0 Å². The van der Waals surface area contributed by atoms with Gasteiger partial charge in [0, 0.05) is 11.8 Å². The van der Waals surface area contributed by atoms with Gasteiger partial charge in [-0.15, -0.1) is 0 Å². The Morgan fingerprint density at radius 2 is 1.94 bits per heavy atom. The van der Waals surface area contributed by atoms with Gasteiger partial charge in [-0.1, -0.05) is 20.3 Å². The fraction of sp³-hybridized carbons (Fsp3) is 1.00. The number of sulfone groups is 1. The lowest BCUT2D eigenvalue weighted by molar-refractivity contribution is 0.409. The van der Waals surface area contributed by atoms with Crippen LogP contribution in [-0.4, -0.2) is 32.5 Å². The van der Waals surface area contributed by atoms with Gasteiger partial charge in [0.1, 0.15) is 9.84 Å². The number of nitrogens with one attached hydrogen (secondary N) is 1. The average Bonchev–Trinajstić information content (AvgIpc) is 3.09. The van der Waals surface area contributed by atoms with E-state index in [1.165, 1.54) is 25.7 Å². The van der Waals surface area contributed by atoms with Crippen LogP contribution >= 0.6 is 0 Å². The molecule has 0 aliphatic heterocycles. The first-order valence-electron chi connectivity index (χ1n) is 7.01. The summed E-state index contributed by atoms with van der Waals surface area (Å²) in [6, 6.07) is 0.758. The third-order valence-corrected chi connectivity index (χ3v) is 5.27. The Morgan fingerprint density at radius 3 is 2.47 bits per heavy atom. The highest BCUT2D eigenvalue weighted by Gasteiger charge is 2.21.